The molecule has 1 aliphatic rings. The molecule has 3 heterocycles. The number of hydrogen-bond acceptors (Lipinski definition) is 4. The van der Waals surface area contributed by atoms with Crippen LogP contribution in [0.4, 0.5) is 0 Å². The lowest BCUT2D eigenvalue weighted by Gasteiger charge is -2.17. The van der Waals surface area contributed by atoms with Gasteiger partial charge in [0.1, 0.15) is 0 Å². The topological polar surface area (TPSA) is 43.6 Å². The van der Waals surface area contributed by atoms with Crippen LogP contribution < -0.4 is 0 Å². The standard InChI is InChI=1S/C43H26N4S/c1-4-12-27(13-5-1)33-26-35-40-38-32(33)18-10-20-36(38)48-37-21-11-19-34(39(37)40)47(35)31-24-22-30(23-25-31)43-45-41(28-14-6-2-7-15-28)44-42(46-43)29-16-8-3-9-17-29/h1-26H. The second-order valence-electron chi connectivity index (χ2n) is 12.0. The first-order valence-corrected chi connectivity index (χ1v) is 16.9. The van der Waals surface area contributed by atoms with Crippen LogP contribution in [0.5, 0.6) is 0 Å². The summed E-state index contributed by atoms with van der Waals surface area (Å²) < 4.78 is 2.42. The van der Waals surface area contributed by atoms with Gasteiger partial charge in [0.15, 0.2) is 17.5 Å². The molecule has 48 heavy (non-hydrogen) atoms. The molecule has 0 atom stereocenters. The van der Waals surface area contributed by atoms with Crippen molar-refractivity contribution in [3.63, 3.8) is 0 Å². The van der Waals surface area contributed by atoms with Gasteiger partial charge in [-0.15, -0.1) is 0 Å². The first-order valence-electron chi connectivity index (χ1n) is 16.0. The summed E-state index contributed by atoms with van der Waals surface area (Å²) in [6.07, 6.45) is 0. The van der Waals surface area contributed by atoms with Gasteiger partial charge >= 0.3 is 0 Å². The average molecular weight is 631 g/mol. The van der Waals surface area contributed by atoms with E-state index < -0.39 is 0 Å². The van der Waals surface area contributed by atoms with E-state index >= 15 is 0 Å². The maximum atomic E-state index is 4.96. The van der Waals surface area contributed by atoms with E-state index in [9.17, 15) is 0 Å². The lowest BCUT2D eigenvalue weighted by atomic mass is 9.94. The van der Waals surface area contributed by atoms with E-state index in [-0.39, 0.29) is 0 Å². The van der Waals surface area contributed by atoms with Gasteiger partial charge in [0, 0.05) is 48.3 Å². The molecule has 224 valence electrons. The third-order valence-electron chi connectivity index (χ3n) is 9.23. The zero-order valence-corrected chi connectivity index (χ0v) is 26.5. The summed E-state index contributed by atoms with van der Waals surface area (Å²) in [6.45, 7) is 0. The van der Waals surface area contributed by atoms with Crippen LogP contribution in [-0.4, -0.2) is 19.5 Å². The predicted molar refractivity (Wildman–Crippen MR) is 198 cm³/mol. The molecule has 9 aromatic rings. The molecule has 0 aliphatic carbocycles. The molecule has 7 aromatic carbocycles. The zero-order chi connectivity index (χ0) is 31.6. The maximum absolute atomic E-state index is 4.96. The highest BCUT2D eigenvalue weighted by Gasteiger charge is 2.25. The molecule has 10 rings (SSSR count). The van der Waals surface area contributed by atoms with Crippen molar-refractivity contribution in [3.05, 3.63) is 158 Å². The SMILES string of the molecule is c1ccc(-c2nc(-c3ccccc3)nc(-c3ccc(-n4c5cccc6c5c5c7c(cccc7c(-c7ccccc7)cc54)S6)cc3)n2)cc1. The minimum absolute atomic E-state index is 0.648. The summed E-state index contributed by atoms with van der Waals surface area (Å²) in [4.78, 5) is 17.4. The molecule has 0 spiro atoms. The van der Waals surface area contributed by atoms with Gasteiger partial charge in [-0.05, 0) is 65.0 Å². The average Bonchev–Trinajstić information content (AvgIpc) is 3.51. The highest BCUT2D eigenvalue weighted by Crippen LogP contribution is 2.51. The van der Waals surface area contributed by atoms with E-state index in [0.29, 0.717) is 17.5 Å². The largest absolute Gasteiger partial charge is 0.309 e. The second kappa shape index (κ2) is 10.8. The molecule has 1 aliphatic heterocycles. The van der Waals surface area contributed by atoms with Crippen molar-refractivity contribution in [1.29, 1.82) is 0 Å². The van der Waals surface area contributed by atoms with Crippen LogP contribution in [0.1, 0.15) is 0 Å². The minimum atomic E-state index is 0.648. The Labute approximate surface area is 281 Å². The smallest absolute Gasteiger partial charge is 0.164 e. The summed E-state index contributed by atoms with van der Waals surface area (Å²) in [6, 6.07) is 55.4. The van der Waals surface area contributed by atoms with Crippen LogP contribution in [0.3, 0.4) is 0 Å². The molecular weight excluding hydrogens is 605 g/mol. The van der Waals surface area contributed by atoms with Crippen LogP contribution in [-0.2, 0) is 0 Å². The lowest BCUT2D eigenvalue weighted by molar-refractivity contribution is 1.07. The van der Waals surface area contributed by atoms with E-state index in [1.165, 1.54) is 53.5 Å². The van der Waals surface area contributed by atoms with Crippen LogP contribution in [0.25, 0.3) is 83.6 Å². The molecule has 0 bridgehead atoms. The fourth-order valence-electron chi connectivity index (χ4n) is 7.07. The Morgan fingerprint density at radius 2 is 0.917 bits per heavy atom. The Hall–Kier alpha value is -6.04. The van der Waals surface area contributed by atoms with Crippen LogP contribution in [0.15, 0.2) is 168 Å². The Morgan fingerprint density at radius 3 is 1.52 bits per heavy atom. The van der Waals surface area contributed by atoms with Crippen molar-refractivity contribution in [1.82, 2.24) is 19.5 Å². The molecule has 0 amide bonds. The molecular formula is C43H26N4S. The normalized spacial score (nSPS) is 12.1. The van der Waals surface area contributed by atoms with Gasteiger partial charge in [-0.2, -0.15) is 0 Å². The van der Waals surface area contributed by atoms with Crippen LogP contribution in [0.2, 0.25) is 0 Å². The Bertz CT molecular complexity index is 2610. The number of aromatic nitrogens is 4. The van der Waals surface area contributed by atoms with Gasteiger partial charge < -0.3 is 4.57 Å². The third-order valence-corrected chi connectivity index (χ3v) is 10.3. The highest BCUT2D eigenvalue weighted by atomic mass is 32.2. The lowest BCUT2D eigenvalue weighted by Crippen LogP contribution is -2.00. The Balaban J connectivity index is 1.18. The fraction of sp³-hybridized carbons (Fsp3) is 0. The van der Waals surface area contributed by atoms with E-state index in [1.54, 1.807) is 0 Å². The molecule has 5 heteroatoms. The number of rotatable bonds is 5. The van der Waals surface area contributed by atoms with Gasteiger partial charge in [0.05, 0.1) is 11.0 Å². The van der Waals surface area contributed by atoms with Gasteiger partial charge in [0.25, 0.3) is 0 Å². The number of hydrogen-bond donors (Lipinski definition) is 0. The molecule has 0 saturated heterocycles. The quantitative estimate of drug-likeness (QED) is 0.190. The van der Waals surface area contributed by atoms with E-state index in [4.69, 9.17) is 15.0 Å². The fourth-order valence-corrected chi connectivity index (χ4v) is 8.22. The van der Waals surface area contributed by atoms with Crippen molar-refractivity contribution in [2.24, 2.45) is 0 Å². The van der Waals surface area contributed by atoms with E-state index in [2.05, 4.69) is 102 Å². The predicted octanol–water partition coefficient (Wildman–Crippen LogP) is 11.3. The van der Waals surface area contributed by atoms with Crippen molar-refractivity contribution in [2.45, 2.75) is 9.79 Å². The van der Waals surface area contributed by atoms with E-state index in [1.807, 2.05) is 72.4 Å². The Morgan fingerprint density at radius 1 is 0.396 bits per heavy atom. The van der Waals surface area contributed by atoms with Crippen LogP contribution in [0, 0.1) is 0 Å². The highest BCUT2D eigenvalue weighted by molar-refractivity contribution is 8.00. The zero-order valence-electron chi connectivity index (χ0n) is 25.7. The van der Waals surface area contributed by atoms with Crippen LogP contribution >= 0.6 is 11.8 Å². The number of nitrogens with zero attached hydrogens (tertiary/aromatic N) is 4. The van der Waals surface area contributed by atoms with E-state index in [0.717, 1.165) is 22.4 Å². The van der Waals surface area contributed by atoms with Crippen molar-refractivity contribution >= 4 is 44.3 Å². The van der Waals surface area contributed by atoms with Gasteiger partial charge in [-0.25, -0.2) is 15.0 Å². The molecule has 0 saturated carbocycles. The number of benzene rings is 7. The minimum Gasteiger partial charge on any atom is -0.309 e. The monoisotopic (exact) mass is 630 g/mol. The molecule has 0 radical (unpaired) electrons. The first kappa shape index (κ1) is 27.1. The van der Waals surface area contributed by atoms with Crippen molar-refractivity contribution < 1.29 is 0 Å². The second-order valence-corrected chi connectivity index (χ2v) is 13.1. The first-order chi connectivity index (χ1) is 23.8. The summed E-state index contributed by atoms with van der Waals surface area (Å²) in [7, 11) is 0. The molecule has 0 N–H and O–H groups in total. The third kappa shape index (κ3) is 4.21. The summed E-state index contributed by atoms with van der Waals surface area (Å²) in [5.74, 6) is 1.96. The maximum Gasteiger partial charge on any atom is 0.164 e. The van der Waals surface area contributed by atoms with Gasteiger partial charge in [-0.1, -0.05) is 121 Å². The molecule has 2 aromatic heterocycles. The Kier molecular flexibility index (Phi) is 6.08. The van der Waals surface area contributed by atoms with Crippen molar-refractivity contribution in [3.8, 4) is 51.0 Å². The molecule has 0 unspecified atom stereocenters. The van der Waals surface area contributed by atoms with Gasteiger partial charge in [0.2, 0.25) is 0 Å². The van der Waals surface area contributed by atoms with Crippen molar-refractivity contribution in [2.75, 3.05) is 0 Å². The van der Waals surface area contributed by atoms with Gasteiger partial charge in [-0.3, -0.25) is 0 Å². The summed E-state index contributed by atoms with van der Waals surface area (Å²) >= 11 is 1.87. The summed E-state index contributed by atoms with van der Waals surface area (Å²) in [5, 5.41) is 5.28. The molecule has 0 fully saturated rings. The summed E-state index contributed by atoms with van der Waals surface area (Å²) in [5.41, 5.74) is 8.84. The molecule has 4 nitrogen and oxygen atoms in total.